The van der Waals surface area contributed by atoms with Crippen LogP contribution < -0.4 is 5.32 Å². The number of benzene rings is 1. The van der Waals surface area contributed by atoms with Crippen LogP contribution in [0.2, 0.25) is 0 Å². The summed E-state index contributed by atoms with van der Waals surface area (Å²) in [7, 11) is 0. The first-order chi connectivity index (χ1) is 14.6. The fourth-order valence-corrected chi connectivity index (χ4v) is 4.58. The highest BCUT2D eigenvalue weighted by molar-refractivity contribution is 7.19. The molecule has 4 rings (SSSR count). The maximum Gasteiger partial charge on any atom is 0.227 e. The fourth-order valence-electron chi connectivity index (χ4n) is 3.74. The number of nitrogens with zero attached hydrogens (tertiary/aromatic N) is 3. The van der Waals surface area contributed by atoms with Crippen molar-refractivity contribution in [1.82, 2.24) is 14.9 Å². The van der Waals surface area contributed by atoms with Gasteiger partial charge in [0.1, 0.15) is 0 Å². The summed E-state index contributed by atoms with van der Waals surface area (Å²) in [5, 5.41) is 3.28. The molecule has 1 aromatic carbocycles. The third kappa shape index (κ3) is 4.91. The van der Waals surface area contributed by atoms with Gasteiger partial charge in [-0.25, -0.2) is 4.98 Å². The maximum absolute atomic E-state index is 12.8. The van der Waals surface area contributed by atoms with Gasteiger partial charge in [-0.2, -0.15) is 0 Å². The van der Waals surface area contributed by atoms with Crippen molar-refractivity contribution in [2.45, 2.75) is 32.1 Å². The summed E-state index contributed by atoms with van der Waals surface area (Å²) in [6, 6.07) is 15.9. The molecule has 1 N–H and O–H groups in total. The van der Waals surface area contributed by atoms with Crippen LogP contribution in [0.3, 0.4) is 0 Å². The second-order valence-corrected chi connectivity index (χ2v) is 8.53. The van der Waals surface area contributed by atoms with E-state index in [1.54, 1.807) is 6.20 Å². The number of pyridine rings is 1. The van der Waals surface area contributed by atoms with Crippen molar-refractivity contribution in [2.24, 2.45) is 0 Å². The van der Waals surface area contributed by atoms with E-state index in [1.165, 1.54) is 18.3 Å². The van der Waals surface area contributed by atoms with Gasteiger partial charge >= 0.3 is 0 Å². The Bertz CT molecular complexity index is 1030. The predicted molar refractivity (Wildman–Crippen MR) is 118 cm³/mol. The van der Waals surface area contributed by atoms with Gasteiger partial charge in [-0.05, 0) is 30.5 Å². The number of carbonyl (C=O) groups excluding carboxylic acids is 2. The predicted octanol–water partition coefficient (Wildman–Crippen LogP) is 4.11. The summed E-state index contributed by atoms with van der Waals surface area (Å²) in [6.45, 7) is 2.96. The number of piperidine rings is 1. The van der Waals surface area contributed by atoms with E-state index in [1.807, 2.05) is 53.4 Å². The molecule has 6 nitrogen and oxygen atoms in total. The SMILES string of the molecule is CC(=O)Nc1ncc(-c2cccc(C3CCCN(C(=O)Cc4ccccc4)C3)n2)s1. The molecule has 0 spiro atoms. The Morgan fingerprint density at radius 2 is 2.00 bits per heavy atom. The average molecular weight is 421 g/mol. The summed E-state index contributed by atoms with van der Waals surface area (Å²) < 4.78 is 0. The normalized spacial score (nSPS) is 16.3. The lowest BCUT2D eigenvalue weighted by atomic mass is 9.93. The Kier molecular flexibility index (Phi) is 6.18. The molecule has 1 fully saturated rings. The van der Waals surface area contributed by atoms with Crippen LogP contribution in [0.25, 0.3) is 10.6 Å². The monoisotopic (exact) mass is 420 g/mol. The van der Waals surface area contributed by atoms with Gasteiger partial charge in [-0.1, -0.05) is 47.7 Å². The zero-order valence-corrected chi connectivity index (χ0v) is 17.7. The second-order valence-electron chi connectivity index (χ2n) is 7.50. The number of carbonyl (C=O) groups is 2. The molecule has 30 heavy (non-hydrogen) atoms. The van der Waals surface area contributed by atoms with E-state index >= 15 is 0 Å². The first-order valence-corrected chi connectivity index (χ1v) is 10.9. The summed E-state index contributed by atoms with van der Waals surface area (Å²) in [6.07, 6.45) is 4.17. The largest absolute Gasteiger partial charge is 0.342 e. The number of nitrogens with one attached hydrogen (secondary N) is 1. The van der Waals surface area contributed by atoms with E-state index in [-0.39, 0.29) is 17.7 Å². The van der Waals surface area contributed by atoms with Crippen LogP contribution in [0, 0.1) is 0 Å². The highest BCUT2D eigenvalue weighted by Crippen LogP contribution is 2.31. The van der Waals surface area contributed by atoms with E-state index in [2.05, 4.69) is 10.3 Å². The molecule has 1 saturated heterocycles. The lowest BCUT2D eigenvalue weighted by Crippen LogP contribution is -2.40. The topological polar surface area (TPSA) is 75.2 Å². The molecule has 3 aromatic rings. The second kappa shape index (κ2) is 9.17. The molecule has 1 aliphatic rings. The zero-order valence-electron chi connectivity index (χ0n) is 16.9. The lowest BCUT2D eigenvalue weighted by Gasteiger charge is -2.32. The number of hydrogen-bond acceptors (Lipinski definition) is 5. The Morgan fingerprint density at radius 3 is 2.80 bits per heavy atom. The number of rotatable bonds is 5. The van der Waals surface area contributed by atoms with E-state index < -0.39 is 0 Å². The molecule has 0 aliphatic carbocycles. The van der Waals surface area contributed by atoms with Crippen molar-refractivity contribution in [3.8, 4) is 10.6 Å². The molecule has 3 heterocycles. The van der Waals surface area contributed by atoms with Crippen LogP contribution in [-0.4, -0.2) is 39.8 Å². The van der Waals surface area contributed by atoms with Crippen molar-refractivity contribution >= 4 is 28.3 Å². The van der Waals surface area contributed by atoms with Crippen LogP contribution in [-0.2, 0) is 16.0 Å². The van der Waals surface area contributed by atoms with Gasteiger partial charge in [-0.15, -0.1) is 0 Å². The first kappa shape index (κ1) is 20.2. The highest BCUT2D eigenvalue weighted by Gasteiger charge is 2.26. The number of hydrogen-bond donors (Lipinski definition) is 1. The van der Waals surface area contributed by atoms with Crippen LogP contribution in [0.5, 0.6) is 0 Å². The molecule has 0 bridgehead atoms. The van der Waals surface area contributed by atoms with Gasteiger partial charge in [-0.3, -0.25) is 14.6 Å². The molecule has 0 radical (unpaired) electrons. The van der Waals surface area contributed by atoms with Gasteiger partial charge in [0, 0.05) is 37.8 Å². The smallest absolute Gasteiger partial charge is 0.227 e. The Labute approximate surface area is 180 Å². The minimum absolute atomic E-state index is 0.139. The van der Waals surface area contributed by atoms with E-state index in [0.29, 0.717) is 18.1 Å². The van der Waals surface area contributed by atoms with Crippen LogP contribution in [0.4, 0.5) is 5.13 Å². The van der Waals surface area contributed by atoms with Gasteiger partial charge < -0.3 is 10.2 Å². The van der Waals surface area contributed by atoms with Gasteiger partial charge in [0.2, 0.25) is 11.8 Å². The quantitative estimate of drug-likeness (QED) is 0.674. The third-order valence-electron chi connectivity index (χ3n) is 5.20. The Hall–Kier alpha value is -3.06. The molecule has 1 aliphatic heterocycles. The Balaban J connectivity index is 1.46. The van der Waals surface area contributed by atoms with E-state index in [4.69, 9.17) is 4.98 Å². The third-order valence-corrected chi connectivity index (χ3v) is 6.14. The van der Waals surface area contributed by atoms with Crippen molar-refractivity contribution in [3.63, 3.8) is 0 Å². The standard InChI is InChI=1S/C23H24N4O2S/c1-16(28)25-23-24-14-21(30-23)20-11-5-10-19(26-20)18-9-6-12-27(15-18)22(29)13-17-7-3-2-4-8-17/h2-5,7-8,10-11,14,18H,6,9,12-13,15H2,1H3,(H,24,25,28). The average Bonchev–Trinajstić information content (AvgIpc) is 3.22. The number of amides is 2. The summed E-state index contributed by atoms with van der Waals surface area (Å²) >= 11 is 1.41. The number of aromatic nitrogens is 2. The minimum atomic E-state index is -0.139. The molecular weight excluding hydrogens is 396 g/mol. The molecule has 0 saturated carbocycles. The molecule has 2 aromatic heterocycles. The van der Waals surface area contributed by atoms with Crippen LogP contribution in [0.15, 0.2) is 54.7 Å². The summed E-state index contributed by atoms with van der Waals surface area (Å²) in [5.41, 5.74) is 2.89. The summed E-state index contributed by atoms with van der Waals surface area (Å²) in [5.74, 6) is 0.255. The highest BCUT2D eigenvalue weighted by atomic mass is 32.1. The molecular formula is C23H24N4O2S. The maximum atomic E-state index is 12.8. The van der Waals surface area contributed by atoms with Crippen LogP contribution >= 0.6 is 11.3 Å². The lowest BCUT2D eigenvalue weighted by molar-refractivity contribution is -0.131. The van der Waals surface area contributed by atoms with Gasteiger partial charge in [0.15, 0.2) is 5.13 Å². The van der Waals surface area contributed by atoms with Gasteiger partial charge in [0.05, 0.1) is 17.0 Å². The molecule has 154 valence electrons. The van der Waals surface area contributed by atoms with Crippen molar-refractivity contribution in [3.05, 3.63) is 66.0 Å². The number of thiazole rings is 1. The molecule has 2 amide bonds. The Morgan fingerprint density at radius 1 is 1.17 bits per heavy atom. The van der Waals surface area contributed by atoms with E-state index in [0.717, 1.165) is 41.2 Å². The van der Waals surface area contributed by atoms with E-state index in [9.17, 15) is 9.59 Å². The van der Waals surface area contributed by atoms with Crippen molar-refractivity contribution in [1.29, 1.82) is 0 Å². The minimum Gasteiger partial charge on any atom is -0.342 e. The first-order valence-electron chi connectivity index (χ1n) is 10.1. The number of anilines is 1. The molecule has 1 unspecified atom stereocenters. The zero-order chi connectivity index (χ0) is 20.9. The van der Waals surface area contributed by atoms with Crippen molar-refractivity contribution in [2.75, 3.05) is 18.4 Å². The fraction of sp³-hybridized carbons (Fsp3) is 0.304. The van der Waals surface area contributed by atoms with Crippen molar-refractivity contribution < 1.29 is 9.59 Å². The van der Waals surface area contributed by atoms with Gasteiger partial charge in [0.25, 0.3) is 0 Å². The molecule has 1 atom stereocenters. The van der Waals surface area contributed by atoms with Crippen LogP contribution in [0.1, 0.15) is 36.9 Å². The number of likely N-dealkylation sites (tertiary alicyclic amines) is 1. The summed E-state index contributed by atoms with van der Waals surface area (Å²) in [4.78, 5) is 36.0. The molecule has 7 heteroatoms.